The molecule has 1 aliphatic carbocycles. The van der Waals surface area contributed by atoms with Gasteiger partial charge in [0.2, 0.25) is 0 Å². The van der Waals surface area contributed by atoms with Gasteiger partial charge in [0, 0.05) is 29.2 Å². The van der Waals surface area contributed by atoms with Crippen LogP contribution in [-0.2, 0) is 4.74 Å². The van der Waals surface area contributed by atoms with Crippen LogP contribution in [0.5, 0.6) is 0 Å². The number of anilines is 3. The molecule has 5 rings (SSSR count). The Morgan fingerprint density at radius 3 is 2.47 bits per heavy atom. The van der Waals surface area contributed by atoms with Gasteiger partial charge in [-0.2, -0.15) is 0 Å². The number of carbonyl (C=O) groups excluding carboxylic acids is 3. The van der Waals surface area contributed by atoms with Crippen LogP contribution in [0.1, 0.15) is 64.9 Å². The highest BCUT2D eigenvalue weighted by atomic mass is 16.5. The standard InChI is InChI=1S/C28H28N6O4/c1-2-38-27(36)17-10-12-19(13-11-17)32-28(37)33-20-7-5-6-18(14-20)24(35)22-15-34(21-8-3-4-9-21)26-23(22)25(29)30-16-31-26/h5-7,10-16,21H,2-4,8-9H2,1H3,(H2,29,30,31)(H2,32,33,37). The summed E-state index contributed by atoms with van der Waals surface area (Å²) >= 11 is 0. The molecule has 0 aliphatic heterocycles. The van der Waals surface area contributed by atoms with E-state index < -0.39 is 12.0 Å². The van der Waals surface area contributed by atoms with Crippen LogP contribution in [0, 0.1) is 0 Å². The summed E-state index contributed by atoms with van der Waals surface area (Å²) in [7, 11) is 0. The van der Waals surface area contributed by atoms with Crippen molar-refractivity contribution in [1.82, 2.24) is 14.5 Å². The van der Waals surface area contributed by atoms with Crippen molar-refractivity contribution in [2.45, 2.75) is 38.6 Å². The third-order valence-electron chi connectivity index (χ3n) is 6.64. The summed E-state index contributed by atoms with van der Waals surface area (Å²) in [5.74, 6) is -0.394. The zero-order valence-corrected chi connectivity index (χ0v) is 20.9. The lowest BCUT2D eigenvalue weighted by molar-refractivity contribution is 0.0526. The molecule has 4 aromatic rings. The minimum atomic E-state index is -0.492. The molecule has 2 aromatic carbocycles. The van der Waals surface area contributed by atoms with Crippen molar-refractivity contribution in [3.63, 3.8) is 0 Å². The Morgan fingerprint density at radius 2 is 1.74 bits per heavy atom. The highest BCUT2D eigenvalue weighted by Crippen LogP contribution is 2.35. The molecular formula is C28H28N6O4. The van der Waals surface area contributed by atoms with E-state index in [1.807, 2.05) is 6.20 Å². The molecular weight excluding hydrogens is 484 g/mol. The first kappa shape index (κ1) is 24.9. The highest BCUT2D eigenvalue weighted by Gasteiger charge is 2.25. The maximum Gasteiger partial charge on any atom is 0.338 e. The zero-order valence-electron chi connectivity index (χ0n) is 20.9. The third-order valence-corrected chi connectivity index (χ3v) is 6.64. The van der Waals surface area contributed by atoms with E-state index in [0.717, 1.165) is 25.7 Å². The first-order chi connectivity index (χ1) is 18.4. The number of urea groups is 1. The fourth-order valence-electron chi connectivity index (χ4n) is 4.83. The van der Waals surface area contributed by atoms with Crippen LogP contribution in [-0.4, -0.2) is 38.9 Å². The van der Waals surface area contributed by atoms with Crippen LogP contribution in [0.4, 0.5) is 22.0 Å². The number of nitrogens with two attached hydrogens (primary N) is 1. The number of fused-ring (bicyclic) bond motifs is 1. The number of ketones is 1. The minimum Gasteiger partial charge on any atom is -0.462 e. The Balaban J connectivity index is 1.34. The third kappa shape index (κ3) is 5.06. The van der Waals surface area contributed by atoms with E-state index in [1.165, 1.54) is 6.33 Å². The van der Waals surface area contributed by atoms with Gasteiger partial charge in [-0.25, -0.2) is 19.6 Å². The number of esters is 1. The van der Waals surface area contributed by atoms with E-state index in [9.17, 15) is 14.4 Å². The number of nitrogens with one attached hydrogen (secondary N) is 2. The molecule has 4 N–H and O–H groups in total. The normalized spacial score (nSPS) is 13.4. The summed E-state index contributed by atoms with van der Waals surface area (Å²) in [6.07, 6.45) is 7.59. The van der Waals surface area contributed by atoms with Gasteiger partial charge in [-0.1, -0.05) is 25.0 Å². The highest BCUT2D eigenvalue weighted by molar-refractivity contribution is 6.18. The fourth-order valence-corrected chi connectivity index (χ4v) is 4.83. The Bertz CT molecular complexity index is 1510. The number of nitrogen functional groups attached to an aromatic ring is 1. The Morgan fingerprint density at radius 1 is 1.00 bits per heavy atom. The average Bonchev–Trinajstić information content (AvgIpc) is 3.58. The Kier molecular flexibility index (Phi) is 7.03. The average molecular weight is 513 g/mol. The van der Waals surface area contributed by atoms with E-state index in [0.29, 0.717) is 39.1 Å². The fraction of sp³-hybridized carbons (Fsp3) is 0.250. The zero-order chi connectivity index (χ0) is 26.6. The van der Waals surface area contributed by atoms with Gasteiger partial charge < -0.3 is 25.7 Å². The van der Waals surface area contributed by atoms with Gasteiger partial charge in [0.15, 0.2) is 5.78 Å². The first-order valence-corrected chi connectivity index (χ1v) is 12.6. The molecule has 10 heteroatoms. The molecule has 2 amide bonds. The number of carbonyl (C=O) groups is 3. The van der Waals surface area contributed by atoms with E-state index in [2.05, 4.69) is 25.2 Å². The van der Waals surface area contributed by atoms with E-state index >= 15 is 0 Å². The van der Waals surface area contributed by atoms with E-state index in [-0.39, 0.29) is 24.2 Å². The van der Waals surface area contributed by atoms with Crippen molar-refractivity contribution < 1.29 is 19.1 Å². The molecule has 38 heavy (non-hydrogen) atoms. The number of rotatable bonds is 7. The largest absolute Gasteiger partial charge is 0.462 e. The summed E-state index contributed by atoms with van der Waals surface area (Å²) in [5, 5.41) is 6.00. The number of ether oxygens (including phenoxy) is 1. The number of hydrogen-bond acceptors (Lipinski definition) is 7. The van der Waals surface area contributed by atoms with Gasteiger partial charge in [-0.15, -0.1) is 0 Å². The predicted molar refractivity (Wildman–Crippen MR) is 144 cm³/mol. The lowest BCUT2D eigenvalue weighted by Gasteiger charge is -2.12. The topological polar surface area (TPSA) is 141 Å². The summed E-state index contributed by atoms with van der Waals surface area (Å²) in [4.78, 5) is 46.6. The van der Waals surface area contributed by atoms with Gasteiger partial charge in [0.1, 0.15) is 17.8 Å². The van der Waals surface area contributed by atoms with Crippen molar-refractivity contribution in [3.8, 4) is 0 Å². The molecule has 10 nitrogen and oxygen atoms in total. The molecule has 2 heterocycles. The summed E-state index contributed by atoms with van der Waals surface area (Å²) in [5.41, 5.74) is 9.02. The van der Waals surface area contributed by atoms with Crippen molar-refractivity contribution in [1.29, 1.82) is 0 Å². The Labute approximate surface area is 219 Å². The second-order valence-electron chi connectivity index (χ2n) is 9.13. The summed E-state index contributed by atoms with van der Waals surface area (Å²) in [6, 6.07) is 12.9. The molecule has 194 valence electrons. The first-order valence-electron chi connectivity index (χ1n) is 12.6. The van der Waals surface area contributed by atoms with Crippen molar-refractivity contribution in [3.05, 3.63) is 77.7 Å². The molecule has 0 saturated heterocycles. The van der Waals surface area contributed by atoms with Crippen LogP contribution < -0.4 is 16.4 Å². The summed E-state index contributed by atoms with van der Waals surface area (Å²) < 4.78 is 7.02. The van der Waals surface area contributed by atoms with Crippen LogP contribution in [0.15, 0.2) is 61.1 Å². The maximum atomic E-state index is 13.6. The monoisotopic (exact) mass is 512 g/mol. The minimum absolute atomic E-state index is 0.230. The molecule has 0 radical (unpaired) electrons. The van der Waals surface area contributed by atoms with Gasteiger partial charge in [-0.05, 0) is 56.2 Å². The van der Waals surface area contributed by atoms with Gasteiger partial charge in [0.25, 0.3) is 0 Å². The number of aromatic nitrogens is 3. The predicted octanol–water partition coefficient (Wildman–Crippen LogP) is 5.18. The molecule has 1 saturated carbocycles. The van der Waals surface area contributed by atoms with Crippen molar-refractivity contribution in [2.75, 3.05) is 23.0 Å². The molecule has 0 bridgehead atoms. The van der Waals surface area contributed by atoms with Crippen LogP contribution >= 0.6 is 0 Å². The lowest BCUT2D eigenvalue weighted by atomic mass is 10.0. The lowest BCUT2D eigenvalue weighted by Crippen LogP contribution is -2.19. The number of benzene rings is 2. The van der Waals surface area contributed by atoms with Gasteiger partial charge in [0.05, 0.1) is 23.1 Å². The molecule has 0 atom stereocenters. The number of nitrogens with zero attached hydrogens (tertiary/aromatic N) is 3. The van der Waals surface area contributed by atoms with Crippen LogP contribution in [0.25, 0.3) is 11.0 Å². The quantitative estimate of drug-likeness (QED) is 0.229. The van der Waals surface area contributed by atoms with Crippen LogP contribution in [0.2, 0.25) is 0 Å². The summed E-state index contributed by atoms with van der Waals surface area (Å²) in [6.45, 7) is 2.02. The van der Waals surface area contributed by atoms with E-state index in [1.54, 1.807) is 55.5 Å². The Hall–Kier alpha value is -4.73. The smallest absolute Gasteiger partial charge is 0.338 e. The number of amides is 2. The van der Waals surface area contributed by atoms with Crippen molar-refractivity contribution in [2.24, 2.45) is 0 Å². The molecule has 0 spiro atoms. The van der Waals surface area contributed by atoms with Gasteiger partial charge in [-0.3, -0.25) is 4.79 Å². The van der Waals surface area contributed by atoms with Gasteiger partial charge >= 0.3 is 12.0 Å². The second kappa shape index (κ2) is 10.7. The molecule has 2 aromatic heterocycles. The molecule has 1 fully saturated rings. The molecule has 0 unspecified atom stereocenters. The van der Waals surface area contributed by atoms with E-state index in [4.69, 9.17) is 10.5 Å². The second-order valence-corrected chi connectivity index (χ2v) is 9.13. The molecule has 1 aliphatic rings. The van der Waals surface area contributed by atoms with Crippen molar-refractivity contribution >= 4 is 46.0 Å². The maximum absolute atomic E-state index is 13.6. The SMILES string of the molecule is CCOC(=O)c1ccc(NC(=O)Nc2cccc(C(=O)c3cn(C4CCCC4)c4ncnc(N)c34)c2)cc1. The number of hydrogen-bond donors (Lipinski definition) is 3. The van der Waals surface area contributed by atoms with Crippen LogP contribution in [0.3, 0.4) is 0 Å².